The number of nitrogens with one attached hydrogen (secondary N) is 1. The minimum atomic E-state index is -1.50. The molecule has 0 aromatic carbocycles. The molecule has 1 heterocycles. The normalized spacial score (nSPS) is 12.1. The Morgan fingerprint density at radius 3 is 1.94 bits per heavy atom. The number of hydrogen-bond acceptors (Lipinski definition) is 9. The van der Waals surface area contributed by atoms with Gasteiger partial charge >= 0.3 is 0 Å². The standard InChI is InChI=1S/C4H8N2O3.2HNO3/c7-2-4-1-5-9-6(4)3-8;2*2-1(3)4/h1,5,7-8H,2-3H2;2*(H,2,3,4). The molecule has 100 valence electrons. The summed E-state index contributed by atoms with van der Waals surface area (Å²) in [6.45, 7) is -0.410. The molecule has 0 saturated carbocycles. The Bertz CT molecular complexity index is 248. The van der Waals surface area contributed by atoms with Gasteiger partial charge in [-0.15, -0.1) is 20.2 Å². The summed E-state index contributed by atoms with van der Waals surface area (Å²) in [6.07, 6.45) is 1.47. The number of hydroxylamine groups is 3. The highest BCUT2D eigenvalue weighted by Gasteiger charge is 2.12. The van der Waals surface area contributed by atoms with E-state index in [0.717, 1.165) is 5.06 Å². The van der Waals surface area contributed by atoms with Crippen molar-refractivity contribution in [2.45, 2.75) is 0 Å². The molecule has 0 radical (unpaired) electrons. The fourth-order valence-electron chi connectivity index (χ4n) is 0.533. The Hall–Kier alpha value is -2.38. The predicted octanol–water partition coefficient (Wildman–Crippen LogP) is -2.17. The van der Waals surface area contributed by atoms with Crippen LogP contribution in [0.5, 0.6) is 0 Å². The van der Waals surface area contributed by atoms with Gasteiger partial charge in [0, 0.05) is 0 Å². The molecule has 17 heavy (non-hydrogen) atoms. The molecule has 1 aliphatic rings. The van der Waals surface area contributed by atoms with E-state index in [0.29, 0.717) is 5.70 Å². The van der Waals surface area contributed by atoms with Gasteiger partial charge in [-0.25, -0.2) is 10.5 Å². The summed E-state index contributed by atoms with van der Waals surface area (Å²) in [5.41, 5.74) is 2.88. The Morgan fingerprint density at radius 1 is 1.29 bits per heavy atom. The first kappa shape index (κ1) is 17.0. The second kappa shape index (κ2) is 10.1. The first-order chi connectivity index (χ1) is 7.84. The molecule has 0 aromatic heterocycles. The molecule has 0 spiro atoms. The van der Waals surface area contributed by atoms with E-state index >= 15 is 0 Å². The van der Waals surface area contributed by atoms with Crippen LogP contribution in [0.1, 0.15) is 0 Å². The Labute approximate surface area is 92.9 Å². The van der Waals surface area contributed by atoms with E-state index in [9.17, 15) is 0 Å². The first-order valence-electron chi connectivity index (χ1n) is 3.62. The van der Waals surface area contributed by atoms with E-state index in [2.05, 4.69) is 10.4 Å². The molecule has 1 aliphatic heterocycles. The van der Waals surface area contributed by atoms with Crippen molar-refractivity contribution in [1.29, 1.82) is 0 Å². The van der Waals surface area contributed by atoms with Crippen LogP contribution in [0.25, 0.3) is 0 Å². The lowest BCUT2D eigenvalue weighted by atomic mass is 10.5. The van der Waals surface area contributed by atoms with Crippen LogP contribution in [-0.4, -0.2) is 49.2 Å². The van der Waals surface area contributed by atoms with Crippen molar-refractivity contribution in [3.05, 3.63) is 32.1 Å². The van der Waals surface area contributed by atoms with Gasteiger partial charge in [0.25, 0.3) is 10.2 Å². The van der Waals surface area contributed by atoms with Crippen LogP contribution < -0.4 is 5.48 Å². The molecule has 0 atom stereocenters. The summed E-state index contributed by atoms with van der Waals surface area (Å²) in [6, 6.07) is 0. The van der Waals surface area contributed by atoms with Crippen LogP contribution in [0.4, 0.5) is 0 Å². The SMILES string of the molecule is O=[N+]([O-])O.O=[N+]([O-])O.OCC1=CNON1CO. The molecule has 0 fully saturated rings. The largest absolute Gasteiger partial charge is 0.390 e. The van der Waals surface area contributed by atoms with Crippen molar-refractivity contribution >= 4 is 0 Å². The number of aliphatic hydroxyl groups is 2. The zero-order valence-corrected chi connectivity index (χ0v) is 8.16. The highest BCUT2D eigenvalue weighted by atomic mass is 16.9. The average Bonchev–Trinajstić information content (AvgIpc) is 2.62. The quantitative estimate of drug-likeness (QED) is 0.267. The maximum absolute atomic E-state index is 8.53. The molecule has 0 unspecified atom stereocenters. The fourth-order valence-corrected chi connectivity index (χ4v) is 0.533. The number of aliphatic hydroxyl groups excluding tert-OH is 2. The zero-order valence-electron chi connectivity index (χ0n) is 8.16. The van der Waals surface area contributed by atoms with Crippen molar-refractivity contribution in [3.8, 4) is 0 Å². The lowest BCUT2D eigenvalue weighted by Crippen LogP contribution is -2.23. The molecule has 0 aliphatic carbocycles. The Balaban J connectivity index is 0. The second-order valence-corrected chi connectivity index (χ2v) is 2.00. The minimum Gasteiger partial charge on any atom is -0.390 e. The monoisotopic (exact) mass is 258 g/mol. The molecular weight excluding hydrogens is 248 g/mol. The molecule has 0 amide bonds. The van der Waals surface area contributed by atoms with E-state index in [1.165, 1.54) is 6.20 Å². The van der Waals surface area contributed by atoms with Crippen molar-refractivity contribution in [2.24, 2.45) is 0 Å². The smallest absolute Gasteiger partial charge is 0.291 e. The molecule has 13 nitrogen and oxygen atoms in total. The van der Waals surface area contributed by atoms with Crippen LogP contribution in [0.15, 0.2) is 11.9 Å². The fraction of sp³-hybridized carbons (Fsp3) is 0.500. The average molecular weight is 258 g/mol. The van der Waals surface area contributed by atoms with Gasteiger partial charge in [-0.05, 0) is 0 Å². The molecule has 0 saturated heterocycles. The Morgan fingerprint density at radius 2 is 1.71 bits per heavy atom. The topological polar surface area (TPSA) is 192 Å². The van der Waals surface area contributed by atoms with E-state index < -0.39 is 10.2 Å². The predicted molar refractivity (Wildman–Crippen MR) is 45.9 cm³/mol. The third-order valence-electron chi connectivity index (χ3n) is 0.999. The number of nitrogens with zero attached hydrogens (tertiary/aromatic N) is 3. The van der Waals surface area contributed by atoms with Crippen molar-refractivity contribution in [3.63, 3.8) is 0 Å². The molecular formula is C4H10N4O9. The van der Waals surface area contributed by atoms with E-state index in [1.807, 2.05) is 0 Å². The highest BCUT2D eigenvalue weighted by Crippen LogP contribution is 2.05. The zero-order chi connectivity index (χ0) is 13.8. The number of hydrogen-bond donors (Lipinski definition) is 5. The maximum Gasteiger partial charge on any atom is 0.291 e. The summed E-state index contributed by atoms with van der Waals surface area (Å²) in [5.74, 6) is 0. The molecule has 13 heteroatoms. The third-order valence-corrected chi connectivity index (χ3v) is 0.999. The summed E-state index contributed by atoms with van der Waals surface area (Å²) >= 11 is 0. The minimum absolute atomic E-state index is 0.145. The summed E-state index contributed by atoms with van der Waals surface area (Å²) in [7, 11) is 0. The summed E-state index contributed by atoms with van der Waals surface area (Å²) in [4.78, 5) is 21.3. The molecule has 0 aromatic rings. The van der Waals surface area contributed by atoms with Gasteiger partial charge in [-0.2, -0.15) is 4.94 Å². The summed E-state index contributed by atoms with van der Waals surface area (Å²) in [5, 5.41) is 45.4. The van der Waals surface area contributed by atoms with Crippen molar-refractivity contribution in [2.75, 3.05) is 13.3 Å². The molecule has 5 N–H and O–H groups in total. The van der Waals surface area contributed by atoms with Crippen molar-refractivity contribution in [1.82, 2.24) is 10.5 Å². The summed E-state index contributed by atoms with van der Waals surface area (Å²) < 4.78 is 0. The van der Waals surface area contributed by atoms with Gasteiger partial charge in [-0.1, -0.05) is 0 Å². The first-order valence-corrected chi connectivity index (χ1v) is 3.62. The van der Waals surface area contributed by atoms with E-state index in [1.54, 1.807) is 0 Å². The number of rotatable bonds is 2. The molecule has 0 bridgehead atoms. The van der Waals surface area contributed by atoms with Crippen LogP contribution in [0, 0.1) is 20.2 Å². The van der Waals surface area contributed by atoms with Gasteiger partial charge in [-0.3, -0.25) is 0 Å². The lowest BCUT2D eigenvalue weighted by molar-refractivity contribution is -0.742. The van der Waals surface area contributed by atoms with Crippen LogP contribution in [0.3, 0.4) is 0 Å². The van der Waals surface area contributed by atoms with Gasteiger partial charge in [0.05, 0.1) is 18.5 Å². The second-order valence-electron chi connectivity index (χ2n) is 2.00. The van der Waals surface area contributed by atoms with Gasteiger partial charge in [0.1, 0.15) is 6.73 Å². The van der Waals surface area contributed by atoms with Crippen LogP contribution in [0.2, 0.25) is 0 Å². The van der Waals surface area contributed by atoms with E-state index in [-0.39, 0.29) is 13.3 Å². The van der Waals surface area contributed by atoms with Gasteiger partial charge in [0.15, 0.2) is 0 Å². The Kier molecular flexibility index (Phi) is 10.2. The van der Waals surface area contributed by atoms with Crippen LogP contribution >= 0.6 is 0 Å². The van der Waals surface area contributed by atoms with Crippen molar-refractivity contribution < 1.29 is 35.7 Å². The van der Waals surface area contributed by atoms with Gasteiger partial charge < -0.3 is 20.6 Å². The lowest BCUT2D eigenvalue weighted by Gasteiger charge is -2.12. The highest BCUT2D eigenvalue weighted by molar-refractivity contribution is 4.98. The van der Waals surface area contributed by atoms with E-state index in [4.69, 9.17) is 40.9 Å². The maximum atomic E-state index is 8.53. The molecule has 1 rings (SSSR count). The van der Waals surface area contributed by atoms with Crippen LogP contribution in [-0.2, 0) is 4.94 Å². The van der Waals surface area contributed by atoms with Gasteiger partial charge in [0.2, 0.25) is 0 Å². The third kappa shape index (κ3) is 13.6.